The molecule has 1 amide bonds. The van der Waals surface area contributed by atoms with E-state index in [4.69, 9.17) is 0 Å². The molecule has 0 spiro atoms. The molecule has 0 fully saturated rings. The number of nitrogens with one attached hydrogen (secondary N) is 1. The minimum atomic E-state index is -0.282. The van der Waals surface area contributed by atoms with Crippen LogP contribution < -0.4 is 5.32 Å². The SMILES string of the molecule is CN(C)CNC(=O)C(C)(C)C. The number of hydrogen-bond acceptors (Lipinski definition) is 2. The van der Waals surface area contributed by atoms with Gasteiger partial charge in [-0.15, -0.1) is 0 Å². The van der Waals surface area contributed by atoms with Crippen LogP contribution in [0.4, 0.5) is 0 Å². The molecule has 0 radical (unpaired) electrons. The number of nitrogens with zero attached hydrogens (tertiary/aromatic N) is 1. The minimum Gasteiger partial charge on any atom is -0.343 e. The number of carbonyl (C=O) groups is 1. The van der Waals surface area contributed by atoms with Gasteiger partial charge in [-0.05, 0) is 14.1 Å². The second kappa shape index (κ2) is 3.72. The molecular weight excluding hydrogens is 140 g/mol. The standard InChI is InChI=1S/C8H18N2O/c1-8(2,3)7(11)9-6-10(4)5/h6H2,1-5H3,(H,9,11). The van der Waals surface area contributed by atoms with E-state index in [2.05, 4.69) is 5.32 Å². The van der Waals surface area contributed by atoms with Crippen LogP contribution in [0, 0.1) is 5.41 Å². The summed E-state index contributed by atoms with van der Waals surface area (Å²) in [7, 11) is 3.84. The summed E-state index contributed by atoms with van der Waals surface area (Å²) in [6, 6.07) is 0. The predicted molar refractivity (Wildman–Crippen MR) is 46.2 cm³/mol. The van der Waals surface area contributed by atoms with Crippen LogP contribution in [-0.2, 0) is 4.79 Å². The molecule has 3 heteroatoms. The molecule has 0 aliphatic rings. The lowest BCUT2D eigenvalue weighted by Crippen LogP contribution is -2.39. The van der Waals surface area contributed by atoms with Crippen molar-refractivity contribution in [1.82, 2.24) is 10.2 Å². The Labute approximate surface area is 68.8 Å². The second-order valence-electron chi connectivity index (χ2n) is 3.99. The topological polar surface area (TPSA) is 32.3 Å². The maximum absolute atomic E-state index is 11.2. The van der Waals surface area contributed by atoms with Gasteiger partial charge in [0.25, 0.3) is 0 Å². The summed E-state index contributed by atoms with van der Waals surface area (Å²) in [5.41, 5.74) is -0.282. The van der Waals surface area contributed by atoms with Crippen LogP contribution in [0.15, 0.2) is 0 Å². The molecule has 0 aromatic heterocycles. The largest absolute Gasteiger partial charge is 0.343 e. The van der Waals surface area contributed by atoms with Gasteiger partial charge in [-0.25, -0.2) is 0 Å². The molecule has 0 aromatic rings. The minimum absolute atomic E-state index is 0.0891. The summed E-state index contributed by atoms with van der Waals surface area (Å²) in [4.78, 5) is 13.2. The predicted octanol–water partition coefficient (Wildman–Crippen LogP) is 0.668. The maximum Gasteiger partial charge on any atom is 0.226 e. The van der Waals surface area contributed by atoms with Gasteiger partial charge in [-0.1, -0.05) is 20.8 Å². The fourth-order valence-corrected chi connectivity index (χ4v) is 0.495. The van der Waals surface area contributed by atoms with Crippen molar-refractivity contribution in [3.05, 3.63) is 0 Å². The first-order valence-corrected chi connectivity index (χ1v) is 3.77. The fourth-order valence-electron chi connectivity index (χ4n) is 0.495. The van der Waals surface area contributed by atoms with Gasteiger partial charge in [-0.2, -0.15) is 0 Å². The van der Waals surface area contributed by atoms with Gasteiger partial charge >= 0.3 is 0 Å². The lowest BCUT2D eigenvalue weighted by atomic mass is 9.96. The van der Waals surface area contributed by atoms with Crippen molar-refractivity contribution in [1.29, 1.82) is 0 Å². The number of carbonyl (C=O) groups excluding carboxylic acids is 1. The first-order valence-electron chi connectivity index (χ1n) is 3.77. The third-order valence-corrected chi connectivity index (χ3v) is 1.24. The average Bonchev–Trinajstić information content (AvgIpc) is 1.80. The van der Waals surface area contributed by atoms with E-state index >= 15 is 0 Å². The molecule has 3 nitrogen and oxygen atoms in total. The molecule has 0 aliphatic carbocycles. The molecule has 0 heterocycles. The summed E-state index contributed by atoms with van der Waals surface area (Å²) < 4.78 is 0. The van der Waals surface area contributed by atoms with E-state index in [0.29, 0.717) is 6.67 Å². The maximum atomic E-state index is 11.2. The molecule has 11 heavy (non-hydrogen) atoms. The highest BCUT2D eigenvalue weighted by molar-refractivity contribution is 5.81. The second-order valence-corrected chi connectivity index (χ2v) is 3.99. The van der Waals surface area contributed by atoms with Crippen LogP contribution in [-0.4, -0.2) is 31.6 Å². The molecule has 66 valence electrons. The van der Waals surface area contributed by atoms with E-state index in [9.17, 15) is 4.79 Å². The van der Waals surface area contributed by atoms with Crippen molar-refractivity contribution in [2.45, 2.75) is 20.8 Å². The molecule has 0 atom stereocenters. The van der Waals surface area contributed by atoms with Gasteiger partial charge in [0, 0.05) is 5.41 Å². The lowest BCUT2D eigenvalue weighted by molar-refractivity contribution is -0.129. The third kappa shape index (κ3) is 4.79. The lowest BCUT2D eigenvalue weighted by Gasteiger charge is -2.19. The van der Waals surface area contributed by atoms with Crippen molar-refractivity contribution in [2.75, 3.05) is 20.8 Å². The van der Waals surface area contributed by atoms with E-state index < -0.39 is 0 Å². The summed E-state index contributed by atoms with van der Waals surface area (Å²) in [6.07, 6.45) is 0. The molecule has 0 saturated carbocycles. The smallest absolute Gasteiger partial charge is 0.226 e. The van der Waals surface area contributed by atoms with Crippen molar-refractivity contribution in [2.24, 2.45) is 5.41 Å². The van der Waals surface area contributed by atoms with Crippen LogP contribution >= 0.6 is 0 Å². The quantitative estimate of drug-likeness (QED) is 0.599. The van der Waals surface area contributed by atoms with Crippen molar-refractivity contribution in [3.8, 4) is 0 Å². The molecule has 0 bridgehead atoms. The van der Waals surface area contributed by atoms with Crippen LogP contribution in [0.25, 0.3) is 0 Å². The van der Waals surface area contributed by atoms with E-state index in [1.165, 1.54) is 0 Å². The number of amides is 1. The highest BCUT2D eigenvalue weighted by Crippen LogP contribution is 2.11. The molecule has 1 N–H and O–H groups in total. The normalized spacial score (nSPS) is 11.8. The monoisotopic (exact) mass is 158 g/mol. The van der Waals surface area contributed by atoms with E-state index in [1.54, 1.807) is 0 Å². The zero-order valence-electron chi connectivity index (χ0n) is 8.06. The Balaban J connectivity index is 3.71. The van der Waals surface area contributed by atoms with Gasteiger partial charge in [0.1, 0.15) is 0 Å². The van der Waals surface area contributed by atoms with Crippen molar-refractivity contribution < 1.29 is 4.79 Å². The molecular formula is C8H18N2O. The summed E-state index contributed by atoms with van der Waals surface area (Å²) in [6.45, 7) is 6.31. The first-order chi connectivity index (χ1) is 4.84. The first kappa shape index (κ1) is 10.4. The van der Waals surface area contributed by atoms with E-state index in [-0.39, 0.29) is 11.3 Å². The van der Waals surface area contributed by atoms with Crippen LogP contribution in [0.2, 0.25) is 0 Å². The van der Waals surface area contributed by atoms with Crippen LogP contribution in [0.1, 0.15) is 20.8 Å². The molecule has 0 rings (SSSR count). The van der Waals surface area contributed by atoms with Gasteiger partial charge in [0.05, 0.1) is 6.67 Å². The Morgan fingerprint density at radius 3 is 2.09 bits per heavy atom. The average molecular weight is 158 g/mol. The molecule has 0 saturated heterocycles. The summed E-state index contributed by atoms with van der Waals surface area (Å²) >= 11 is 0. The van der Waals surface area contributed by atoms with Crippen molar-refractivity contribution >= 4 is 5.91 Å². The van der Waals surface area contributed by atoms with Crippen molar-refractivity contribution in [3.63, 3.8) is 0 Å². The fraction of sp³-hybridized carbons (Fsp3) is 0.875. The van der Waals surface area contributed by atoms with Gasteiger partial charge in [0.2, 0.25) is 5.91 Å². The Morgan fingerprint density at radius 1 is 1.36 bits per heavy atom. The molecule has 0 aromatic carbocycles. The summed E-state index contributed by atoms with van der Waals surface area (Å²) in [5, 5.41) is 2.81. The number of rotatable bonds is 2. The zero-order chi connectivity index (χ0) is 9.07. The highest BCUT2D eigenvalue weighted by atomic mass is 16.2. The Morgan fingerprint density at radius 2 is 1.82 bits per heavy atom. The molecule has 0 unspecified atom stereocenters. The van der Waals surface area contributed by atoms with Crippen LogP contribution in [0.3, 0.4) is 0 Å². The van der Waals surface area contributed by atoms with Gasteiger partial charge < -0.3 is 5.32 Å². The Hall–Kier alpha value is -0.570. The number of hydrogen-bond donors (Lipinski definition) is 1. The van der Waals surface area contributed by atoms with E-state index in [1.807, 2.05) is 39.8 Å². The van der Waals surface area contributed by atoms with Gasteiger partial charge in [0.15, 0.2) is 0 Å². The van der Waals surface area contributed by atoms with Crippen LogP contribution in [0.5, 0.6) is 0 Å². The van der Waals surface area contributed by atoms with Gasteiger partial charge in [-0.3, -0.25) is 9.69 Å². The summed E-state index contributed by atoms with van der Waals surface area (Å²) in [5.74, 6) is 0.0891. The molecule has 0 aliphatic heterocycles. The Bertz CT molecular complexity index is 136. The third-order valence-electron chi connectivity index (χ3n) is 1.24. The van der Waals surface area contributed by atoms with E-state index in [0.717, 1.165) is 0 Å². The zero-order valence-corrected chi connectivity index (χ0v) is 8.06. The highest BCUT2D eigenvalue weighted by Gasteiger charge is 2.20. The Kier molecular flexibility index (Phi) is 3.52.